The lowest BCUT2D eigenvalue weighted by Crippen LogP contribution is -2.36. The molecular formula is C18H25NO3. The van der Waals surface area contributed by atoms with Crippen molar-refractivity contribution in [3.63, 3.8) is 0 Å². The summed E-state index contributed by atoms with van der Waals surface area (Å²) in [5.41, 5.74) is 4.10. The average molecular weight is 303 g/mol. The molecule has 4 nitrogen and oxygen atoms in total. The molecule has 0 aromatic heterocycles. The molecule has 0 bridgehead atoms. The van der Waals surface area contributed by atoms with Gasteiger partial charge in [0, 0.05) is 24.8 Å². The van der Waals surface area contributed by atoms with Gasteiger partial charge in [-0.3, -0.25) is 4.90 Å². The molecule has 0 amide bonds. The van der Waals surface area contributed by atoms with Gasteiger partial charge in [-0.15, -0.1) is 0 Å². The van der Waals surface area contributed by atoms with E-state index >= 15 is 0 Å². The fraction of sp³-hybridized carbons (Fsp3) is 0.611. The SMILES string of the molecule is CCC1CCOC(c2ccc3c(c2C)COC3=O)CN1CC. The molecule has 0 aliphatic carbocycles. The minimum Gasteiger partial charge on any atom is -0.457 e. The second-order valence-corrected chi connectivity index (χ2v) is 6.18. The molecule has 2 aliphatic rings. The lowest BCUT2D eigenvalue weighted by Gasteiger charge is -2.29. The van der Waals surface area contributed by atoms with Crippen LogP contribution in [-0.2, 0) is 16.1 Å². The van der Waals surface area contributed by atoms with Gasteiger partial charge in [-0.1, -0.05) is 19.9 Å². The zero-order chi connectivity index (χ0) is 15.7. The number of cyclic esters (lactones) is 1. The van der Waals surface area contributed by atoms with Crippen LogP contribution in [-0.4, -0.2) is 36.6 Å². The molecule has 0 saturated carbocycles. The molecule has 22 heavy (non-hydrogen) atoms. The number of hydrogen-bond donors (Lipinski definition) is 0. The number of likely N-dealkylation sites (N-methyl/N-ethyl adjacent to an activating group) is 1. The van der Waals surface area contributed by atoms with E-state index in [0.717, 1.165) is 43.7 Å². The van der Waals surface area contributed by atoms with Crippen molar-refractivity contribution in [2.24, 2.45) is 0 Å². The van der Waals surface area contributed by atoms with Gasteiger partial charge in [0.15, 0.2) is 0 Å². The van der Waals surface area contributed by atoms with E-state index < -0.39 is 0 Å². The van der Waals surface area contributed by atoms with E-state index in [1.165, 1.54) is 5.56 Å². The van der Waals surface area contributed by atoms with Crippen molar-refractivity contribution in [3.8, 4) is 0 Å². The van der Waals surface area contributed by atoms with Crippen molar-refractivity contribution in [2.45, 2.75) is 52.4 Å². The largest absolute Gasteiger partial charge is 0.457 e. The Morgan fingerprint density at radius 3 is 2.86 bits per heavy atom. The molecule has 1 saturated heterocycles. The molecule has 0 N–H and O–H groups in total. The van der Waals surface area contributed by atoms with Gasteiger partial charge in [-0.25, -0.2) is 4.79 Å². The van der Waals surface area contributed by atoms with Crippen molar-refractivity contribution in [1.82, 2.24) is 4.90 Å². The van der Waals surface area contributed by atoms with Crippen LogP contribution in [0.25, 0.3) is 0 Å². The van der Waals surface area contributed by atoms with Crippen molar-refractivity contribution in [1.29, 1.82) is 0 Å². The van der Waals surface area contributed by atoms with Crippen molar-refractivity contribution in [2.75, 3.05) is 19.7 Å². The summed E-state index contributed by atoms with van der Waals surface area (Å²) >= 11 is 0. The Labute approximate surface area is 132 Å². The van der Waals surface area contributed by atoms with Gasteiger partial charge in [0.05, 0.1) is 11.7 Å². The predicted molar refractivity (Wildman–Crippen MR) is 84.9 cm³/mol. The summed E-state index contributed by atoms with van der Waals surface area (Å²) in [6, 6.07) is 4.55. The number of fused-ring (bicyclic) bond motifs is 1. The first kappa shape index (κ1) is 15.5. The van der Waals surface area contributed by atoms with Gasteiger partial charge in [-0.2, -0.15) is 0 Å². The van der Waals surface area contributed by atoms with Crippen molar-refractivity contribution < 1.29 is 14.3 Å². The molecule has 1 aromatic rings. The summed E-state index contributed by atoms with van der Waals surface area (Å²) in [5.74, 6) is -0.201. The van der Waals surface area contributed by atoms with Crippen LogP contribution >= 0.6 is 0 Å². The normalized spacial score (nSPS) is 25.7. The van der Waals surface area contributed by atoms with E-state index in [-0.39, 0.29) is 12.1 Å². The molecule has 0 radical (unpaired) electrons. The van der Waals surface area contributed by atoms with Crippen molar-refractivity contribution in [3.05, 3.63) is 34.4 Å². The van der Waals surface area contributed by atoms with Crippen LogP contribution in [0.5, 0.6) is 0 Å². The highest BCUT2D eigenvalue weighted by Gasteiger charge is 2.29. The lowest BCUT2D eigenvalue weighted by molar-refractivity contribution is 0.0528. The van der Waals surface area contributed by atoms with Gasteiger partial charge < -0.3 is 9.47 Å². The Bertz CT molecular complexity index is 570. The van der Waals surface area contributed by atoms with Crippen LogP contribution in [0.1, 0.15) is 59.8 Å². The Hall–Kier alpha value is -1.39. The van der Waals surface area contributed by atoms with Crippen LogP contribution < -0.4 is 0 Å². The van der Waals surface area contributed by atoms with Crippen LogP contribution in [0.2, 0.25) is 0 Å². The molecule has 2 unspecified atom stereocenters. The zero-order valence-electron chi connectivity index (χ0n) is 13.7. The second kappa shape index (κ2) is 6.39. The standard InChI is InChI=1S/C18H25NO3/c1-4-13-8-9-21-17(10-19(13)5-2)14-6-7-15-16(12(14)3)11-22-18(15)20/h6-7,13,17H,4-5,8-11H2,1-3H3. The highest BCUT2D eigenvalue weighted by atomic mass is 16.5. The van der Waals surface area contributed by atoms with Gasteiger partial charge >= 0.3 is 5.97 Å². The fourth-order valence-electron chi connectivity index (χ4n) is 3.70. The van der Waals surface area contributed by atoms with Crippen LogP contribution in [0.3, 0.4) is 0 Å². The van der Waals surface area contributed by atoms with E-state index in [1.807, 2.05) is 12.1 Å². The first-order chi connectivity index (χ1) is 10.7. The van der Waals surface area contributed by atoms with E-state index in [4.69, 9.17) is 9.47 Å². The third-order valence-electron chi connectivity index (χ3n) is 5.12. The van der Waals surface area contributed by atoms with Gasteiger partial charge in [0.1, 0.15) is 6.61 Å². The van der Waals surface area contributed by atoms with Crippen LogP contribution in [0.4, 0.5) is 0 Å². The first-order valence-electron chi connectivity index (χ1n) is 8.30. The fourth-order valence-corrected chi connectivity index (χ4v) is 3.70. The molecule has 1 fully saturated rings. The lowest BCUT2D eigenvalue weighted by atomic mass is 9.95. The summed E-state index contributed by atoms with van der Waals surface area (Å²) in [6.07, 6.45) is 2.33. The topological polar surface area (TPSA) is 38.8 Å². The number of benzene rings is 1. The molecule has 2 aliphatic heterocycles. The molecule has 2 atom stereocenters. The smallest absolute Gasteiger partial charge is 0.338 e. The molecular weight excluding hydrogens is 278 g/mol. The number of carbonyl (C=O) groups excluding carboxylic acids is 1. The van der Waals surface area contributed by atoms with Crippen LogP contribution in [0.15, 0.2) is 12.1 Å². The summed E-state index contributed by atoms with van der Waals surface area (Å²) in [7, 11) is 0. The zero-order valence-corrected chi connectivity index (χ0v) is 13.7. The van der Waals surface area contributed by atoms with E-state index in [9.17, 15) is 4.79 Å². The van der Waals surface area contributed by atoms with Crippen molar-refractivity contribution >= 4 is 5.97 Å². The monoisotopic (exact) mass is 303 g/mol. The number of nitrogens with zero attached hydrogens (tertiary/aromatic N) is 1. The number of carbonyl (C=O) groups is 1. The molecule has 0 spiro atoms. The maximum absolute atomic E-state index is 11.7. The third-order valence-corrected chi connectivity index (χ3v) is 5.12. The molecule has 2 heterocycles. The summed E-state index contributed by atoms with van der Waals surface area (Å²) in [4.78, 5) is 14.2. The van der Waals surface area contributed by atoms with E-state index in [1.54, 1.807) is 0 Å². The summed E-state index contributed by atoms with van der Waals surface area (Å²) < 4.78 is 11.3. The summed E-state index contributed by atoms with van der Waals surface area (Å²) in [5, 5.41) is 0. The number of esters is 1. The summed E-state index contributed by atoms with van der Waals surface area (Å²) in [6.45, 7) is 9.71. The second-order valence-electron chi connectivity index (χ2n) is 6.18. The maximum atomic E-state index is 11.7. The molecule has 3 rings (SSSR count). The highest BCUT2D eigenvalue weighted by Crippen LogP contribution is 2.32. The highest BCUT2D eigenvalue weighted by molar-refractivity contribution is 5.93. The minimum absolute atomic E-state index is 0.0810. The Kier molecular flexibility index (Phi) is 4.50. The van der Waals surface area contributed by atoms with Gasteiger partial charge in [0.25, 0.3) is 0 Å². The van der Waals surface area contributed by atoms with Gasteiger partial charge in [0.2, 0.25) is 0 Å². The van der Waals surface area contributed by atoms with E-state index in [0.29, 0.717) is 18.2 Å². The number of hydrogen-bond acceptors (Lipinski definition) is 4. The number of ether oxygens (including phenoxy) is 2. The number of rotatable bonds is 3. The average Bonchev–Trinajstić information content (AvgIpc) is 2.79. The molecule has 1 aromatic carbocycles. The van der Waals surface area contributed by atoms with Crippen LogP contribution in [0, 0.1) is 6.92 Å². The predicted octanol–water partition coefficient (Wildman–Crippen LogP) is 3.23. The molecule has 120 valence electrons. The van der Waals surface area contributed by atoms with Gasteiger partial charge in [-0.05, 0) is 43.5 Å². The Morgan fingerprint density at radius 2 is 2.14 bits per heavy atom. The Balaban J connectivity index is 1.89. The third kappa shape index (κ3) is 2.66. The Morgan fingerprint density at radius 1 is 1.32 bits per heavy atom. The minimum atomic E-state index is -0.201. The quantitative estimate of drug-likeness (QED) is 0.804. The maximum Gasteiger partial charge on any atom is 0.338 e. The van der Waals surface area contributed by atoms with E-state index in [2.05, 4.69) is 25.7 Å². The molecule has 4 heteroatoms. The first-order valence-corrected chi connectivity index (χ1v) is 8.30.